The lowest BCUT2D eigenvalue weighted by Gasteiger charge is -2.08. The molecule has 4 nitrogen and oxygen atoms in total. The maximum atomic E-state index is 12.1. The summed E-state index contributed by atoms with van der Waals surface area (Å²) in [6.45, 7) is 0.757. The lowest BCUT2D eigenvalue weighted by molar-refractivity contribution is 0.0948. The molecule has 21 heavy (non-hydrogen) atoms. The molecule has 1 aliphatic carbocycles. The van der Waals surface area contributed by atoms with Gasteiger partial charge < -0.3 is 16.0 Å². The third-order valence-corrected chi connectivity index (χ3v) is 4.44. The number of nitrogens with one attached hydrogen (secondary N) is 2. The van der Waals surface area contributed by atoms with Crippen LogP contribution in [-0.4, -0.2) is 17.4 Å². The van der Waals surface area contributed by atoms with Gasteiger partial charge in [0, 0.05) is 23.1 Å². The van der Waals surface area contributed by atoms with Crippen LogP contribution in [0.1, 0.15) is 49.0 Å². The first-order valence-corrected chi connectivity index (χ1v) is 7.89. The number of hydrogen-bond donors (Lipinski definition) is 3. The second kappa shape index (κ2) is 6.20. The van der Waals surface area contributed by atoms with Crippen molar-refractivity contribution in [1.29, 1.82) is 0 Å². The Bertz CT molecular complexity index is 626. The monoisotopic (exact) mass is 285 g/mol. The first-order chi connectivity index (χ1) is 10.2. The van der Waals surface area contributed by atoms with E-state index in [1.165, 1.54) is 32.1 Å². The molecule has 3 rings (SSSR count). The number of fused-ring (bicyclic) bond motifs is 1. The Morgan fingerprint density at radius 2 is 2.10 bits per heavy atom. The van der Waals surface area contributed by atoms with Gasteiger partial charge in [-0.05, 0) is 43.0 Å². The minimum Gasteiger partial charge on any atom is -0.399 e. The summed E-state index contributed by atoms with van der Waals surface area (Å²) in [5.41, 5.74) is 8.02. The van der Waals surface area contributed by atoms with Crippen LogP contribution >= 0.6 is 0 Å². The van der Waals surface area contributed by atoms with Crippen molar-refractivity contribution < 1.29 is 4.79 Å². The Labute approximate surface area is 125 Å². The van der Waals surface area contributed by atoms with Gasteiger partial charge in [0.05, 0.1) is 0 Å². The lowest BCUT2D eigenvalue weighted by atomic mass is 10.0. The number of benzene rings is 1. The molecule has 4 heteroatoms. The average molecular weight is 285 g/mol. The van der Waals surface area contributed by atoms with E-state index in [2.05, 4.69) is 10.3 Å². The van der Waals surface area contributed by atoms with Gasteiger partial charge in [-0.25, -0.2) is 0 Å². The molecule has 0 unspecified atom stereocenters. The fourth-order valence-corrected chi connectivity index (χ4v) is 3.26. The molecule has 0 saturated heterocycles. The molecule has 0 atom stereocenters. The van der Waals surface area contributed by atoms with E-state index in [1.807, 2.05) is 24.3 Å². The van der Waals surface area contributed by atoms with Crippen molar-refractivity contribution in [2.45, 2.75) is 38.5 Å². The summed E-state index contributed by atoms with van der Waals surface area (Å²) in [5.74, 6) is 0.856. The van der Waals surface area contributed by atoms with E-state index < -0.39 is 0 Å². The number of rotatable bonds is 5. The van der Waals surface area contributed by atoms with Crippen molar-refractivity contribution in [2.24, 2.45) is 5.92 Å². The van der Waals surface area contributed by atoms with Crippen LogP contribution in [0.25, 0.3) is 10.9 Å². The van der Waals surface area contributed by atoms with Crippen LogP contribution in [0.5, 0.6) is 0 Å². The van der Waals surface area contributed by atoms with E-state index >= 15 is 0 Å². The van der Waals surface area contributed by atoms with Crippen LogP contribution in [0, 0.1) is 5.92 Å². The molecule has 0 radical (unpaired) electrons. The van der Waals surface area contributed by atoms with E-state index in [1.54, 1.807) is 0 Å². The van der Waals surface area contributed by atoms with Crippen LogP contribution in [0.4, 0.5) is 5.69 Å². The number of carbonyl (C=O) groups is 1. The summed E-state index contributed by atoms with van der Waals surface area (Å²) in [5, 5.41) is 3.97. The van der Waals surface area contributed by atoms with Gasteiger partial charge in [-0.3, -0.25) is 4.79 Å². The number of H-pyrrole nitrogens is 1. The predicted octanol–water partition coefficient (Wildman–Crippen LogP) is 3.45. The minimum absolute atomic E-state index is 0.0313. The van der Waals surface area contributed by atoms with Crippen molar-refractivity contribution in [3.05, 3.63) is 30.0 Å². The van der Waals surface area contributed by atoms with Gasteiger partial charge in [0.25, 0.3) is 5.91 Å². The van der Waals surface area contributed by atoms with E-state index in [-0.39, 0.29) is 5.91 Å². The molecule has 2 aromatic rings. The predicted molar refractivity (Wildman–Crippen MR) is 86.2 cm³/mol. The first kappa shape index (κ1) is 14.0. The van der Waals surface area contributed by atoms with Crippen LogP contribution in [-0.2, 0) is 0 Å². The molecule has 1 heterocycles. The van der Waals surface area contributed by atoms with Crippen molar-refractivity contribution >= 4 is 22.5 Å². The second-order valence-corrected chi connectivity index (χ2v) is 6.08. The first-order valence-electron chi connectivity index (χ1n) is 7.89. The molecule has 1 fully saturated rings. The highest BCUT2D eigenvalue weighted by Crippen LogP contribution is 2.28. The number of aromatic nitrogens is 1. The summed E-state index contributed by atoms with van der Waals surface area (Å²) < 4.78 is 0. The van der Waals surface area contributed by atoms with Gasteiger partial charge in [0.2, 0.25) is 0 Å². The number of amides is 1. The Morgan fingerprint density at radius 3 is 2.90 bits per heavy atom. The Morgan fingerprint density at radius 1 is 1.29 bits per heavy atom. The number of nitrogens with two attached hydrogens (primary N) is 1. The largest absolute Gasteiger partial charge is 0.399 e. The Kier molecular flexibility index (Phi) is 4.13. The highest BCUT2D eigenvalue weighted by molar-refractivity contribution is 5.98. The van der Waals surface area contributed by atoms with Crippen LogP contribution in [0.3, 0.4) is 0 Å². The number of aromatic amines is 1. The Hall–Kier alpha value is -1.97. The quantitative estimate of drug-likeness (QED) is 0.581. The van der Waals surface area contributed by atoms with Crippen molar-refractivity contribution in [1.82, 2.24) is 10.3 Å². The van der Waals surface area contributed by atoms with Crippen LogP contribution in [0.2, 0.25) is 0 Å². The van der Waals surface area contributed by atoms with Crippen LogP contribution in [0.15, 0.2) is 24.3 Å². The third-order valence-electron chi connectivity index (χ3n) is 4.44. The zero-order valence-corrected chi connectivity index (χ0v) is 12.3. The van der Waals surface area contributed by atoms with Crippen molar-refractivity contribution in [3.8, 4) is 0 Å². The molecule has 1 aromatic heterocycles. The summed E-state index contributed by atoms with van der Waals surface area (Å²) in [7, 11) is 0. The summed E-state index contributed by atoms with van der Waals surface area (Å²) in [4.78, 5) is 15.3. The maximum Gasteiger partial charge on any atom is 0.267 e. The van der Waals surface area contributed by atoms with E-state index in [9.17, 15) is 4.79 Å². The molecule has 1 saturated carbocycles. The Balaban J connectivity index is 1.51. The number of nitrogen functional groups attached to an aromatic ring is 1. The number of hydrogen-bond acceptors (Lipinski definition) is 2. The van der Waals surface area contributed by atoms with Gasteiger partial charge in [0.15, 0.2) is 0 Å². The topological polar surface area (TPSA) is 70.9 Å². The summed E-state index contributed by atoms with van der Waals surface area (Å²) in [6, 6.07) is 7.48. The van der Waals surface area contributed by atoms with Gasteiger partial charge >= 0.3 is 0 Å². The third kappa shape index (κ3) is 3.38. The highest BCUT2D eigenvalue weighted by Gasteiger charge is 2.14. The molecular weight excluding hydrogens is 262 g/mol. The zero-order chi connectivity index (χ0) is 14.7. The van der Waals surface area contributed by atoms with Crippen LogP contribution < -0.4 is 11.1 Å². The number of anilines is 1. The van der Waals surface area contributed by atoms with Crippen molar-refractivity contribution in [2.75, 3.05) is 12.3 Å². The molecule has 4 N–H and O–H groups in total. The molecule has 112 valence electrons. The standard InChI is InChI=1S/C17H23N3O/c18-14-7-8-15-13(10-14)11-16(20-15)17(21)19-9-3-6-12-4-1-2-5-12/h7-8,10-12,20H,1-6,9,18H2,(H,19,21). The molecule has 0 bridgehead atoms. The van der Waals surface area contributed by atoms with E-state index in [4.69, 9.17) is 5.73 Å². The van der Waals surface area contributed by atoms with Gasteiger partial charge in [-0.15, -0.1) is 0 Å². The zero-order valence-electron chi connectivity index (χ0n) is 12.3. The molecule has 0 aliphatic heterocycles. The smallest absolute Gasteiger partial charge is 0.267 e. The fourth-order valence-electron chi connectivity index (χ4n) is 3.26. The fraction of sp³-hybridized carbons (Fsp3) is 0.471. The maximum absolute atomic E-state index is 12.1. The normalized spacial score (nSPS) is 15.6. The van der Waals surface area contributed by atoms with E-state index in [0.29, 0.717) is 11.4 Å². The van der Waals surface area contributed by atoms with E-state index in [0.717, 1.165) is 29.8 Å². The van der Waals surface area contributed by atoms with Gasteiger partial charge in [-0.2, -0.15) is 0 Å². The minimum atomic E-state index is -0.0313. The summed E-state index contributed by atoms with van der Waals surface area (Å²) >= 11 is 0. The van der Waals surface area contributed by atoms with Crippen molar-refractivity contribution in [3.63, 3.8) is 0 Å². The highest BCUT2D eigenvalue weighted by atomic mass is 16.1. The molecule has 1 aliphatic rings. The second-order valence-electron chi connectivity index (χ2n) is 6.08. The molecule has 0 spiro atoms. The summed E-state index contributed by atoms with van der Waals surface area (Å²) in [6.07, 6.45) is 7.83. The van der Waals surface area contributed by atoms with Gasteiger partial charge in [-0.1, -0.05) is 25.7 Å². The lowest BCUT2D eigenvalue weighted by Crippen LogP contribution is -2.25. The molecular formula is C17H23N3O. The van der Waals surface area contributed by atoms with Gasteiger partial charge in [0.1, 0.15) is 5.69 Å². The molecule has 1 amide bonds. The number of carbonyl (C=O) groups excluding carboxylic acids is 1. The molecule has 1 aromatic carbocycles. The average Bonchev–Trinajstić information content (AvgIpc) is 3.11. The SMILES string of the molecule is Nc1ccc2[nH]c(C(=O)NCCCC3CCCC3)cc2c1.